The molecule has 0 amide bonds. The summed E-state index contributed by atoms with van der Waals surface area (Å²) in [5.41, 5.74) is 8.17. The summed E-state index contributed by atoms with van der Waals surface area (Å²) in [6, 6.07) is 6.56. The van der Waals surface area contributed by atoms with Crippen LogP contribution in [0, 0.1) is 0 Å². The number of halogens is 1. The second-order valence-corrected chi connectivity index (χ2v) is 5.52. The second kappa shape index (κ2) is 5.38. The summed E-state index contributed by atoms with van der Waals surface area (Å²) in [7, 11) is 0. The Morgan fingerprint density at radius 3 is 2.94 bits per heavy atom. The Labute approximate surface area is 111 Å². The van der Waals surface area contributed by atoms with E-state index in [0.717, 1.165) is 35.1 Å². The van der Waals surface area contributed by atoms with Crippen molar-refractivity contribution < 1.29 is 5.11 Å². The molecule has 1 fully saturated rings. The fourth-order valence-electron chi connectivity index (χ4n) is 2.43. The highest BCUT2D eigenvalue weighted by atomic mass is 79.9. The summed E-state index contributed by atoms with van der Waals surface area (Å²) in [4.78, 5) is 2.27. The Morgan fingerprint density at radius 2 is 2.35 bits per heavy atom. The Morgan fingerprint density at radius 1 is 1.59 bits per heavy atom. The van der Waals surface area contributed by atoms with Gasteiger partial charge in [-0.05, 0) is 37.5 Å². The molecule has 2 atom stereocenters. The molecule has 0 bridgehead atoms. The zero-order chi connectivity index (χ0) is 12.4. The molecule has 0 aliphatic carbocycles. The first-order valence-corrected chi connectivity index (χ1v) is 6.85. The van der Waals surface area contributed by atoms with E-state index in [2.05, 4.69) is 39.0 Å². The number of hydrogen-bond donors (Lipinski definition) is 2. The third-order valence-corrected chi connectivity index (χ3v) is 4.08. The van der Waals surface area contributed by atoms with Crippen LogP contribution in [0.25, 0.3) is 0 Å². The SMILES string of the molecule is CC(N)c1ccc(N2CCCC2CO)cc1Br. The van der Waals surface area contributed by atoms with E-state index in [1.807, 2.05) is 6.92 Å². The minimum atomic E-state index is 0.0330. The lowest BCUT2D eigenvalue weighted by atomic mass is 10.1. The van der Waals surface area contributed by atoms with Crippen molar-refractivity contribution in [1.29, 1.82) is 0 Å². The summed E-state index contributed by atoms with van der Waals surface area (Å²) in [6.45, 7) is 3.23. The molecule has 1 heterocycles. The van der Waals surface area contributed by atoms with Gasteiger partial charge in [0.25, 0.3) is 0 Å². The molecule has 3 N–H and O–H groups in total. The summed E-state index contributed by atoms with van der Waals surface area (Å²) >= 11 is 3.57. The fourth-order valence-corrected chi connectivity index (χ4v) is 3.16. The zero-order valence-electron chi connectivity index (χ0n) is 10.1. The van der Waals surface area contributed by atoms with Gasteiger partial charge in [0.05, 0.1) is 12.6 Å². The molecule has 17 heavy (non-hydrogen) atoms. The summed E-state index contributed by atoms with van der Waals surface area (Å²) < 4.78 is 1.05. The van der Waals surface area contributed by atoms with Crippen molar-refractivity contribution in [3.05, 3.63) is 28.2 Å². The van der Waals surface area contributed by atoms with Gasteiger partial charge in [-0.25, -0.2) is 0 Å². The van der Waals surface area contributed by atoms with Crippen LogP contribution in [-0.2, 0) is 0 Å². The molecule has 1 aliphatic heterocycles. The first kappa shape index (κ1) is 12.9. The Hall–Kier alpha value is -0.580. The van der Waals surface area contributed by atoms with E-state index >= 15 is 0 Å². The van der Waals surface area contributed by atoms with Crippen molar-refractivity contribution in [3.63, 3.8) is 0 Å². The number of aliphatic hydroxyl groups excluding tert-OH is 1. The largest absolute Gasteiger partial charge is 0.394 e. The maximum atomic E-state index is 9.34. The number of hydrogen-bond acceptors (Lipinski definition) is 3. The van der Waals surface area contributed by atoms with Crippen LogP contribution >= 0.6 is 15.9 Å². The molecule has 1 aromatic carbocycles. The van der Waals surface area contributed by atoms with Gasteiger partial charge in [0.2, 0.25) is 0 Å². The monoisotopic (exact) mass is 298 g/mol. The highest BCUT2D eigenvalue weighted by molar-refractivity contribution is 9.10. The van der Waals surface area contributed by atoms with Crippen molar-refractivity contribution in [1.82, 2.24) is 0 Å². The lowest BCUT2D eigenvalue weighted by Gasteiger charge is -2.26. The lowest BCUT2D eigenvalue weighted by Crippen LogP contribution is -2.32. The normalized spacial score (nSPS) is 21.9. The minimum Gasteiger partial charge on any atom is -0.394 e. The molecule has 0 aromatic heterocycles. The predicted octanol–water partition coefficient (Wildman–Crippen LogP) is 2.43. The smallest absolute Gasteiger partial charge is 0.0635 e. The quantitative estimate of drug-likeness (QED) is 0.901. The van der Waals surface area contributed by atoms with Gasteiger partial charge < -0.3 is 15.7 Å². The summed E-state index contributed by atoms with van der Waals surface area (Å²) in [6.07, 6.45) is 2.22. The Bertz CT molecular complexity index is 395. The predicted molar refractivity (Wildman–Crippen MR) is 74.2 cm³/mol. The number of aliphatic hydroxyl groups is 1. The highest BCUT2D eigenvalue weighted by Crippen LogP contribution is 2.31. The van der Waals surface area contributed by atoms with Gasteiger partial charge in [-0.15, -0.1) is 0 Å². The third-order valence-electron chi connectivity index (χ3n) is 3.39. The Balaban J connectivity index is 2.25. The van der Waals surface area contributed by atoms with E-state index < -0.39 is 0 Å². The van der Waals surface area contributed by atoms with Gasteiger partial charge in [0.15, 0.2) is 0 Å². The molecule has 4 heteroatoms. The molecule has 2 rings (SSSR count). The highest BCUT2D eigenvalue weighted by Gasteiger charge is 2.24. The lowest BCUT2D eigenvalue weighted by molar-refractivity contribution is 0.266. The first-order chi connectivity index (χ1) is 8.13. The Kier molecular flexibility index (Phi) is 4.07. The van der Waals surface area contributed by atoms with Gasteiger partial charge >= 0.3 is 0 Å². The molecular formula is C13H19BrN2O. The standard InChI is InChI=1S/C13H19BrN2O/c1-9(15)12-5-4-10(7-13(12)14)16-6-2-3-11(16)8-17/h4-5,7,9,11,17H,2-3,6,8,15H2,1H3. The van der Waals surface area contributed by atoms with E-state index in [-0.39, 0.29) is 18.7 Å². The van der Waals surface area contributed by atoms with E-state index in [1.165, 1.54) is 0 Å². The topological polar surface area (TPSA) is 49.5 Å². The third kappa shape index (κ3) is 2.64. The molecule has 0 saturated carbocycles. The van der Waals surface area contributed by atoms with Gasteiger partial charge in [0, 0.05) is 22.7 Å². The molecule has 3 nitrogen and oxygen atoms in total. The molecule has 1 saturated heterocycles. The van der Waals surface area contributed by atoms with E-state index in [0.29, 0.717) is 0 Å². The summed E-state index contributed by atoms with van der Waals surface area (Å²) in [5, 5.41) is 9.34. The van der Waals surface area contributed by atoms with Crippen LogP contribution in [0.1, 0.15) is 31.4 Å². The van der Waals surface area contributed by atoms with Crippen molar-refractivity contribution >= 4 is 21.6 Å². The number of benzene rings is 1. The number of nitrogens with zero attached hydrogens (tertiary/aromatic N) is 1. The van der Waals surface area contributed by atoms with Crippen molar-refractivity contribution in [2.24, 2.45) is 5.73 Å². The minimum absolute atomic E-state index is 0.0330. The number of rotatable bonds is 3. The zero-order valence-corrected chi connectivity index (χ0v) is 11.7. The van der Waals surface area contributed by atoms with Gasteiger partial charge in [-0.2, -0.15) is 0 Å². The van der Waals surface area contributed by atoms with Crippen LogP contribution < -0.4 is 10.6 Å². The molecule has 0 spiro atoms. The van der Waals surface area contributed by atoms with E-state index in [1.54, 1.807) is 0 Å². The second-order valence-electron chi connectivity index (χ2n) is 4.67. The molecule has 1 aliphatic rings. The molecule has 2 unspecified atom stereocenters. The average Bonchev–Trinajstić information content (AvgIpc) is 2.76. The van der Waals surface area contributed by atoms with Crippen LogP contribution in [0.3, 0.4) is 0 Å². The summed E-state index contributed by atoms with van der Waals surface area (Å²) in [5.74, 6) is 0. The van der Waals surface area contributed by atoms with Gasteiger partial charge in [0.1, 0.15) is 0 Å². The van der Waals surface area contributed by atoms with Crippen molar-refractivity contribution in [3.8, 4) is 0 Å². The van der Waals surface area contributed by atoms with Crippen LogP contribution in [0.4, 0.5) is 5.69 Å². The van der Waals surface area contributed by atoms with Crippen LogP contribution in [-0.4, -0.2) is 24.3 Å². The number of anilines is 1. The van der Waals surface area contributed by atoms with Gasteiger partial charge in [-0.1, -0.05) is 22.0 Å². The fraction of sp³-hybridized carbons (Fsp3) is 0.538. The maximum Gasteiger partial charge on any atom is 0.0635 e. The van der Waals surface area contributed by atoms with E-state index in [9.17, 15) is 5.11 Å². The number of nitrogens with two attached hydrogens (primary N) is 1. The van der Waals surface area contributed by atoms with Gasteiger partial charge in [-0.3, -0.25) is 0 Å². The van der Waals surface area contributed by atoms with E-state index in [4.69, 9.17) is 5.73 Å². The first-order valence-electron chi connectivity index (χ1n) is 6.06. The van der Waals surface area contributed by atoms with Crippen molar-refractivity contribution in [2.45, 2.75) is 31.8 Å². The molecule has 0 radical (unpaired) electrons. The van der Waals surface area contributed by atoms with Crippen LogP contribution in [0.5, 0.6) is 0 Å². The molecule has 1 aromatic rings. The molecule has 94 valence electrons. The molecular weight excluding hydrogens is 280 g/mol. The van der Waals surface area contributed by atoms with Crippen molar-refractivity contribution in [2.75, 3.05) is 18.1 Å². The van der Waals surface area contributed by atoms with Crippen LogP contribution in [0.2, 0.25) is 0 Å². The maximum absolute atomic E-state index is 9.34. The van der Waals surface area contributed by atoms with Crippen LogP contribution in [0.15, 0.2) is 22.7 Å². The average molecular weight is 299 g/mol.